The number of hydrogen-bond acceptors (Lipinski definition) is 3. The predicted molar refractivity (Wildman–Crippen MR) is 55.5 cm³/mol. The van der Waals surface area contributed by atoms with E-state index in [1.807, 2.05) is 13.8 Å². The summed E-state index contributed by atoms with van der Waals surface area (Å²) in [6.07, 6.45) is 0.0206. The maximum atomic E-state index is 10.3. The zero-order chi connectivity index (χ0) is 11.4. The first kappa shape index (κ1) is 11.4. The zero-order valence-electron chi connectivity index (χ0n) is 8.78. The van der Waals surface area contributed by atoms with Crippen LogP contribution in [-0.4, -0.2) is 16.4 Å². The highest BCUT2D eigenvalue weighted by Crippen LogP contribution is 2.33. The second-order valence-corrected chi connectivity index (χ2v) is 3.13. The number of phenols is 1. The van der Waals surface area contributed by atoms with Gasteiger partial charge in [0.2, 0.25) is 0 Å². The molecule has 2 N–H and O–H groups in total. The number of rotatable bonds is 3. The van der Waals surface area contributed by atoms with Crippen LogP contribution in [0.2, 0.25) is 0 Å². The first-order valence-corrected chi connectivity index (χ1v) is 4.84. The fraction of sp³-hybridized carbons (Fsp3) is 0.364. The number of carboxylic acid groups (broad SMARTS) is 1. The van der Waals surface area contributed by atoms with Crippen LogP contribution in [0, 0.1) is 0 Å². The van der Waals surface area contributed by atoms with Crippen LogP contribution in [0.4, 0.5) is 4.79 Å². The van der Waals surface area contributed by atoms with E-state index < -0.39 is 6.16 Å². The van der Waals surface area contributed by atoms with Crippen LogP contribution in [0.1, 0.15) is 25.0 Å². The lowest BCUT2D eigenvalue weighted by atomic mass is 10.0. The van der Waals surface area contributed by atoms with Gasteiger partial charge in [-0.05, 0) is 24.5 Å². The Balaban J connectivity index is 3.16. The highest BCUT2D eigenvalue weighted by atomic mass is 16.7. The minimum absolute atomic E-state index is 0.00319. The number of benzene rings is 1. The molecule has 82 valence electrons. The van der Waals surface area contributed by atoms with Crippen LogP contribution >= 0.6 is 0 Å². The van der Waals surface area contributed by atoms with Crippen molar-refractivity contribution in [1.29, 1.82) is 0 Å². The summed E-state index contributed by atoms with van der Waals surface area (Å²) in [7, 11) is 0. The van der Waals surface area contributed by atoms with Crippen LogP contribution in [0.3, 0.4) is 0 Å². The molecule has 4 heteroatoms. The molecule has 0 aliphatic rings. The van der Waals surface area contributed by atoms with Crippen molar-refractivity contribution < 1.29 is 19.7 Å². The molecule has 0 aromatic heterocycles. The van der Waals surface area contributed by atoms with Gasteiger partial charge in [-0.1, -0.05) is 19.9 Å². The molecule has 15 heavy (non-hydrogen) atoms. The van der Waals surface area contributed by atoms with Gasteiger partial charge >= 0.3 is 6.16 Å². The molecule has 0 bridgehead atoms. The van der Waals surface area contributed by atoms with E-state index in [4.69, 9.17) is 5.11 Å². The molecular weight excluding hydrogens is 196 g/mol. The van der Waals surface area contributed by atoms with Crippen LogP contribution in [0.5, 0.6) is 11.5 Å². The van der Waals surface area contributed by atoms with Crippen molar-refractivity contribution in [3.05, 3.63) is 23.3 Å². The van der Waals surface area contributed by atoms with Crippen LogP contribution in [0.25, 0.3) is 0 Å². The summed E-state index contributed by atoms with van der Waals surface area (Å²) in [4.78, 5) is 10.3. The Labute approximate surface area is 88.1 Å². The Morgan fingerprint density at radius 3 is 2.47 bits per heavy atom. The van der Waals surface area contributed by atoms with Gasteiger partial charge in [0.1, 0.15) is 0 Å². The monoisotopic (exact) mass is 210 g/mol. The lowest BCUT2D eigenvalue weighted by Gasteiger charge is -2.11. The SMILES string of the molecule is CCc1ccc(OC(=O)O)c(O)c1CC. The van der Waals surface area contributed by atoms with E-state index >= 15 is 0 Å². The third-order valence-electron chi connectivity index (χ3n) is 2.27. The van der Waals surface area contributed by atoms with Crippen LogP contribution < -0.4 is 4.74 Å². The predicted octanol–water partition coefficient (Wildman–Crippen LogP) is 2.57. The van der Waals surface area contributed by atoms with Gasteiger partial charge in [-0.3, -0.25) is 0 Å². The zero-order valence-corrected chi connectivity index (χ0v) is 8.78. The molecular formula is C11H14O4. The smallest absolute Gasteiger partial charge is 0.504 e. The first-order chi connectivity index (χ1) is 7.10. The number of ether oxygens (including phenoxy) is 1. The molecule has 1 rings (SSSR count). The number of phenolic OH excluding ortho intramolecular Hbond substituents is 1. The molecule has 0 fully saturated rings. The molecule has 0 saturated heterocycles. The number of hydrogen-bond donors (Lipinski definition) is 2. The Morgan fingerprint density at radius 2 is 2.00 bits per heavy atom. The van der Waals surface area contributed by atoms with Crippen molar-refractivity contribution in [2.75, 3.05) is 0 Å². The average Bonchev–Trinajstić information content (AvgIpc) is 2.20. The molecule has 0 amide bonds. The van der Waals surface area contributed by atoms with Gasteiger partial charge in [0, 0.05) is 5.56 Å². The van der Waals surface area contributed by atoms with Crippen LogP contribution in [0.15, 0.2) is 12.1 Å². The molecule has 4 nitrogen and oxygen atoms in total. The Bertz CT molecular complexity index is 371. The molecule has 0 radical (unpaired) electrons. The Morgan fingerprint density at radius 1 is 1.33 bits per heavy atom. The molecule has 0 aliphatic carbocycles. The lowest BCUT2D eigenvalue weighted by molar-refractivity contribution is 0.143. The Kier molecular flexibility index (Phi) is 3.55. The van der Waals surface area contributed by atoms with Gasteiger partial charge in [0.05, 0.1) is 0 Å². The number of aryl methyl sites for hydroxylation is 1. The van der Waals surface area contributed by atoms with Crippen molar-refractivity contribution in [2.24, 2.45) is 0 Å². The maximum absolute atomic E-state index is 10.3. The third-order valence-corrected chi connectivity index (χ3v) is 2.27. The first-order valence-electron chi connectivity index (χ1n) is 4.84. The molecule has 0 spiro atoms. The maximum Gasteiger partial charge on any atom is 0.511 e. The van der Waals surface area contributed by atoms with E-state index in [1.54, 1.807) is 6.07 Å². The molecule has 1 aromatic carbocycles. The van der Waals surface area contributed by atoms with E-state index in [9.17, 15) is 9.90 Å². The van der Waals surface area contributed by atoms with E-state index in [1.165, 1.54) is 6.07 Å². The van der Waals surface area contributed by atoms with Crippen molar-refractivity contribution in [2.45, 2.75) is 26.7 Å². The van der Waals surface area contributed by atoms with Crippen molar-refractivity contribution in [3.63, 3.8) is 0 Å². The van der Waals surface area contributed by atoms with Gasteiger partial charge < -0.3 is 14.9 Å². The Hall–Kier alpha value is -1.71. The summed E-state index contributed by atoms with van der Waals surface area (Å²) in [5.74, 6) is -0.0733. The summed E-state index contributed by atoms with van der Waals surface area (Å²) in [6.45, 7) is 3.88. The molecule has 0 saturated carbocycles. The lowest BCUT2D eigenvalue weighted by Crippen LogP contribution is -2.04. The fourth-order valence-corrected chi connectivity index (χ4v) is 1.56. The topological polar surface area (TPSA) is 66.8 Å². The minimum Gasteiger partial charge on any atom is -0.504 e. The van der Waals surface area contributed by atoms with Gasteiger partial charge in [-0.25, -0.2) is 4.79 Å². The second-order valence-electron chi connectivity index (χ2n) is 3.13. The summed E-state index contributed by atoms with van der Waals surface area (Å²) in [6, 6.07) is 3.25. The van der Waals surface area contributed by atoms with E-state index in [0.717, 1.165) is 17.5 Å². The van der Waals surface area contributed by atoms with Crippen molar-refractivity contribution in [3.8, 4) is 11.5 Å². The van der Waals surface area contributed by atoms with E-state index in [-0.39, 0.29) is 11.5 Å². The quantitative estimate of drug-likeness (QED) is 0.594. The fourth-order valence-electron chi connectivity index (χ4n) is 1.56. The third kappa shape index (κ3) is 2.40. The van der Waals surface area contributed by atoms with Crippen molar-refractivity contribution >= 4 is 6.16 Å². The number of carbonyl (C=O) groups is 1. The summed E-state index contributed by atoms with van der Waals surface area (Å²) >= 11 is 0. The van der Waals surface area contributed by atoms with Gasteiger partial charge in [-0.15, -0.1) is 0 Å². The molecule has 0 atom stereocenters. The average molecular weight is 210 g/mol. The molecule has 0 aliphatic heterocycles. The summed E-state index contributed by atoms with van der Waals surface area (Å²) < 4.78 is 4.45. The van der Waals surface area contributed by atoms with E-state index in [2.05, 4.69) is 4.74 Å². The molecule has 1 aromatic rings. The van der Waals surface area contributed by atoms with E-state index in [0.29, 0.717) is 6.42 Å². The molecule has 0 heterocycles. The highest BCUT2D eigenvalue weighted by Gasteiger charge is 2.13. The van der Waals surface area contributed by atoms with Gasteiger partial charge in [0.15, 0.2) is 11.5 Å². The molecule has 0 unspecified atom stereocenters. The number of aromatic hydroxyl groups is 1. The second kappa shape index (κ2) is 4.68. The summed E-state index contributed by atoms with van der Waals surface area (Å²) in [5, 5.41) is 18.2. The highest BCUT2D eigenvalue weighted by molar-refractivity contribution is 5.64. The largest absolute Gasteiger partial charge is 0.511 e. The standard InChI is InChI=1S/C11H14O4/c1-3-7-5-6-9(15-11(13)14)10(12)8(7)4-2/h5-6,12H,3-4H2,1-2H3,(H,13,14). The van der Waals surface area contributed by atoms with Gasteiger partial charge in [0.25, 0.3) is 0 Å². The minimum atomic E-state index is -1.42. The van der Waals surface area contributed by atoms with Crippen LogP contribution in [-0.2, 0) is 12.8 Å². The summed E-state index contributed by atoms with van der Waals surface area (Å²) in [5.41, 5.74) is 1.75. The van der Waals surface area contributed by atoms with Crippen molar-refractivity contribution in [1.82, 2.24) is 0 Å². The van der Waals surface area contributed by atoms with Gasteiger partial charge in [-0.2, -0.15) is 0 Å². The normalized spacial score (nSPS) is 10.0.